The van der Waals surface area contributed by atoms with E-state index in [1.54, 1.807) is 12.4 Å². The number of nitrogens with zero attached hydrogens (tertiary/aromatic N) is 6. The highest BCUT2D eigenvalue weighted by molar-refractivity contribution is 6.30. The van der Waals surface area contributed by atoms with Crippen LogP contribution < -0.4 is 4.90 Å². The Hall–Kier alpha value is -4.27. The molecule has 0 aliphatic carbocycles. The molecule has 1 saturated heterocycles. The number of carbonyl (C=O) groups is 1. The summed E-state index contributed by atoms with van der Waals surface area (Å²) in [5.41, 5.74) is 5.48. The minimum atomic E-state index is -0.272. The molecular formula is C34H35ClN6O2. The van der Waals surface area contributed by atoms with Crippen molar-refractivity contribution >= 4 is 28.8 Å². The molecule has 4 heterocycles. The van der Waals surface area contributed by atoms with Crippen LogP contribution in [0.3, 0.4) is 0 Å². The van der Waals surface area contributed by atoms with Gasteiger partial charge in [0.15, 0.2) is 11.5 Å². The Morgan fingerprint density at radius 1 is 0.977 bits per heavy atom. The summed E-state index contributed by atoms with van der Waals surface area (Å²) in [5, 5.41) is 15.8. The molecule has 0 spiro atoms. The number of anilines is 1. The first-order valence-electron chi connectivity index (χ1n) is 14.7. The lowest BCUT2D eigenvalue weighted by Crippen LogP contribution is -2.45. The van der Waals surface area contributed by atoms with Crippen molar-refractivity contribution in [3.05, 3.63) is 124 Å². The number of benzene rings is 2. The van der Waals surface area contributed by atoms with E-state index in [2.05, 4.69) is 16.0 Å². The predicted molar refractivity (Wildman–Crippen MR) is 169 cm³/mol. The van der Waals surface area contributed by atoms with E-state index in [4.69, 9.17) is 21.7 Å². The van der Waals surface area contributed by atoms with E-state index in [-0.39, 0.29) is 17.9 Å². The molecule has 0 saturated carbocycles. The van der Waals surface area contributed by atoms with Gasteiger partial charge >= 0.3 is 0 Å². The molecular weight excluding hydrogens is 560 g/mol. The fraction of sp³-hybridized carbons (Fsp3) is 0.294. The lowest BCUT2D eigenvalue weighted by atomic mass is 9.73. The maximum atomic E-state index is 13.2. The molecule has 0 bridgehead atoms. The summed E-state index contributed by atoms with van der Waals surface area (Å²) in [6.45, 7) is 4.87. The minimum absolute atomic E-state index is 0.00386. The van der Waals surface area contributed by atoms with Gasteiger partial charge in [-0.1, -0.05) is 35.9 Å². The first-order valence-corrected chi connectivity index (χ1v) is 15.1. The van der Waals surface area contributed by atoms with Crippen molar-refractivity contribution in [2.45, 2.75) is 38.1 Å². The zero-order valence-electron chi connectivity index (χ0n) is 24.2. The van der Waals surface area contributed by atoms with E-state index in [0.717, 1.165) is 59.8 Å². The predicted octanol–water partition coefficient (Wildman–Crippen LogP) is 5.56. The number of hydrogen-bond acceptors (Lipinski definition) is 6. The number of pyridine rings is 2. The molecule has 5 aromatic rings. The maximum absolute atomic E-state index is 13.2. The van der Waals surface area contributed by atoms with E-state index in [0.29, 0.717) is 30.1 Å². The van der Waals surface area contributed by atoms with Crippen LogP contribution in [0.1, 0.15) is 52.6 Å². The monoisotopic (exact) mass is 594 g/mol. The summed E-state index contributed by atoms with van der Waals surface area (Å²) in [7, 11) is 0. The SMILES string of the molecule is CCN(Cc1ccncc1)C(=O)c1ccc(Cc2nc3c(N4CCC(CO)(c5ccc(Cl)cc5)CC4)cccn3n2)cc1. The number of aromatic nitrogens is 4. The number of piperidine rings is 1. The molecule has 1 amide bonds. The summed E-state index contributed by atoms with van der Waals surface area (Å²) in [4.78, 5) is 26.3. The van der Waals surface area contributed by atoms with Gasteiger partial charge in [-0.2, -0.15) is 5.10 Å². The van der Waals surface area contributed by atoms with Crippen LogP contribution in [-0.4, -0.2) is 61.7 Å². The van der Waals surface area contributed by atoms with Gasteiger partial charge in [0.1, 0.15) is 0 Å². The maximum Gasteiger partial charge on any atom is 0.254 e. The van der Waals surface area contributed by atoms with Crippen molar-refractivity contribution in [3.63, 3.8) is 0 Å². The summed E-state index contributed by atoms with van der Waals surface area (Å²) in [6, 6.07) is 23.5. The molecule has 220 valence electrons. The molecule has 3 aromatic heterocycles. The highest BCUT2D eigenvalue weighted by Gasteiger charge is 2.36. The fourth-order valence-electron chi connectivity index (χ4n) is 5.94. The van der Waals surface area contributed by atoms with Crippen LogP contribution in [0.25, 0.3) is 5.65 Å². The molecule has 1 aliphatic rings. The molecule has 0 atom stereocenters. The average Bonchev–Trinajstić information content (AvgIpc) is 3.47. The van der Waals surface area contributed by atoms with E-state index in [1.165, 1.54) is 0 Å². The Kier molecular flexibility index (Phi) is 8.40. The lowest BCUT2D eigenvalue weighted by Gasteiger charge is -2.42. The van der Waals surface area contributed by atoms with Crippen molar-refractivity contribution in [2.75, 3.05) is 31.1 Å². The first-order chi connectivity index (χ1) is 21.0. The lowest BCUT2D eigenvalue weighted by molar-refractivity contribution is 0.0752. The summed E-state index contributed by atoms with van der Waals surface area (Å²) in [5.74, 6) is 0.728. The van der Waals surface area contributed by atoms with Crippen LogP contribution in [0.5, 0.6) is 0 Å². The molecule has 1 aliphatic heterocycles. The molecule has 6 rings (SSSR count). The van der Waals surface area contributed by atoms with E-state index < -0.39 is 0 Å². The van der Waals surface area contributed by atoms with Crippen molar-refractivity contribution < 1.29 is 9.90 Å². The average molecular weight is 595 g/mol. The Morgan fingerprint density at radius 2 is 1.70 bits per heavy atom. The van der Waals surface area contributed by atoms with Crippen molar-refractivity contribution in [1.29, 1.82) is 0 Å². The smallest absolute Gasteiger partial charge is 0.254 e. The molecule has 1 N–H and O–H groups in total. The third kappa shape index (κ3) is 6.12. The fourth-order valence-corrected chi connectivity index (χ4v) is 6.07. The first kappa shape index (κ1) is 28.8. The summed E-state index contributed by atoms with van der Waals surface area (Å²) >= 11 is 6.11. The molecule has 0 radical (unpaired) electrons. The Morgan fingerprint density at radius 3 is 2.37 bits per heavy atom. The van der Waals surface area contributed by atoms with E-state index in [1.807, 2.05) is 89.3 Å². The zero-order chi connectivity index (χ0) is 29.8. The zero-order valence-corrected chi connectivity index (χ0v) is 25.0. The summed E-state index contributed by atoms with van der Waals surface area (Å²) < 4.78 is 1.84. The molecule has 8 nitrogen and oxygen atoms in total. The van der Waals surface area contributed by atoms with Gasteiger partial charge < -0.3 is 14.9 Å². The van der Waals surface area contributed by atoms with Crippen LogP contribution in [0.4, 0.5) is 5.69 Å². The van der Waals surface area contributed by atoms with Gasteiger partial charge in [-0.05, 0) is 85.0 Å². The van der Waals surface area contributed by atoms with Gasteiger partial charge in [-0.3, -0.25) is 9.78 Å². The highest BCUT2D eigenvalue weighted by Crippen LogP contribution is 2.37. The topological polar surface area (TPSA) is 86.9 Å². The third-order valence-corrected chi connectivity index (χ3v) is 8.81. The van der Waals surface area contributed by atoms with E-state index >= 15 is 0 Å². The number of fused-ring (bicyclic) bond motifs is 1. The molecule has 1 fully saturated rings. The number of hydrogen-bond donors (Lipinski definition) is 1. The second-order valence-corrected chi connectivity index (χ2v) is 11.6. The molecule has 0 unspecified atom stereocenters. The Bertz CT molecular complexity index is 1680. The van der Waals surface area contributed by atoms with Gasteiger partial charge in [-0.15, -0.1) is 0 Å². The third-order valence-electron chi connectivity index (χ3n) is 8.56. The largest absolute Gasteiger partial charge is 0.395 e. The van der Waals surface area contributed by atoms with Gasteiger partial charge in [0.2, 0.25) is 0 Å². The summed E-state index contributed by atoms with van der Waals surface area (Å²) in [6.07, 6.45) is 7.64. The standard InChI is InChI=1S/C34H35ClN6O2/c1-2-39(23-26-13-17-36-18-14-26)33(43)27-7-5-25(6-8-27)22-31-37-32-30(4-3-19-41(32)38-31)40-20-15-34(24-42,16-21-40)28-9-11-29(35)12-10-28/h3-14,17-19,42H,2,15-16,20-24H2,1H3. The quantitative estimate of drug-likeness (QED) is 0.240. The van der Waals surface area contributed by atoms with Crippen molar-refractivity contribution in [2.24, 2.45) is 0 Å². The van der Waals surface area contributed by atoms with Crippen LogP contribution in [0.2, 0.25) is 5.02 Å². The highest BCUT2D eigenvalue weighted by atomic mass is 35.5. The van der Waals surface area contributed by atoms with Crippen LogP contribution in [-0.2, 0) is 18.4 Å². The van der Waals surface area contributed by atoms with Gasteiger partial charge in [0, 0.05) is 67.2 Å². The van der Waals surface area contributed by atoms with E-state index in [9.17, 15) is 9.90 Å². The Balaban J connectivity index is 1.14. The van der Waals surface area contributed by atoms with Crippen molar-refractivity contribution in [1.82, 2.24) is 24.5 Å². The number of amides is 1. The second-order valence-electron chi connectivity index (χ2n) is 11.2. The number of carbonyl (C=O) groups excluding carboxylic acids is 1. The minimum Gasteiger partial charge on any atom is -0.395 e. The van der Waals surface area contributed by atoms with Crippen LogP contribution >= 0.6 is 11.6 Å². The normalized spacial score (nSPS) is 14.6. The number of aliphatic hydroxyl groups excluding tert-OH is 1. The Labute approximate surface area is 256 Å². The van der Waals surface area contributed by atoms with Gasteiger partial charge in [0.25, 0.3) is 5.91 Å². The molecule has 9 heteroatoms. The number of halogens is 1. The second kappa shape index (κ2) is 12.5. The number of aliphatic hydroxyl groups is 1. The molecule has 2 aromatic carbocycles. The van der Waals surface area contributed by atoms with Gasteiger partial charge in [0.05, 0.1) is 12.3 Å². The number of rotatable bonds is 9. The molecule has 43 heavy (non-hydrogen) atoms. The van der Waals surface area contributed by atoms with Crippen molar-refractivity contribution in [3.8, 4) is 0 Å². The van der Waals surface area contributed by atoms with Crippen LogP contribution in [0, 0.1) is 0 Å². The van der Waals surface area contributed by atoms with Gasteiger partial charge in [-0.25, -0.2) is 9.50 Å². The van der Waals surface area contributed by atoms with Crippen LogP contribution in [0.15, 0.2) is 91.4 Å².